The molecule has 0 N–H and O–H groups in total. The summed E-state index contributed by atoms with van der Waals surface area (Å²) in [5, 5.41) is 3.84. The molecule has 1 unspecified atom stereocenters. The van der Waals surface area contributed by atoms with Crippen LogP contribution in [0.5, 0.6) is 5.88 Å². The van der Waals surface area contributed by atoms with Gasteiger partial charge in [-0.25, -0.2) is 4.98 Å². The topological polar surface area (TPSA) is 81.4 Å². The molecule has 0 bridgehead atoms. The molecule has 1 aromatic carbocycles. The quantitative estimate of drug-likeness (QED) is 0.659. The van der Waals surface area contributed by atoms with Crippen LogP contribution in [-0.2, 0) is 0 Å². The normalized spacial score (nSPS) is 16.6. The second-order valence-electron chi connectivity index (χ2n) is 7.39. The molecule has 1 saturated heterocycles. The Balaban J connectivity index is 1.46. The molecular formula is C22H24N4O3. The van der Waals surface area contributed by atoms with E-state index in [0.29, 0.717) is 41.9 Å². The van der Waals surface area contributed by atoms with Crippen molar-refractivity contribution in [3.8, 4) is 17.3 Å². The number of rotatable bonds is 5. The van der Waals surface area contributed by atoms with Gasteiger partial charge in [0.05, 0.1) is 17.7 Å². The number of likely N-dealkylation sites (tertiary alicyclic amines) is 1. The predicted octanol–water partition coefficient (Wildman–Crippen LogP) is 3.68. The Labute approximate surface area is 169 Å². The average Bonchev–Trinajstić information content (AvgIpc) is 3.19. The Kier molecular flexibility index (Phi) is 5.55. The van der Waals surface area contributed by atoms with Crippen LogP contribution in [0.2, 0.25) is 0 Å². The molecule has 150 valence electrons. The van der Waals surface area contributed by atoms with Crippen LogP contribution >= 0.6 is 0 Å². The van der Waals surface area contributed by atoms with Crippen LogP contribution in [0.25, 0.3) is 11.5 Å². The Hall–Kier alpha value is -3.22. The van der Waals surface area contributed by atoms with Gasteiger partial charge in [0.15, 0.2) is 5.82 Å². The smallest absolute Gasteiger partial charge is 0.258 e. The van der Waals surface area contributed by atoms with E-state index in [-0.39, 0.29) is 11.8 Å². The van der Waals surface area contributed by atoms with Crippen LogP contribution in [0.4, 0.5) is 0 Å². The molecule has 0 aliphatic carbocycles. The molecule has 2 aromatic heterocycles. The predicted molar refractivity (Wildman–Crippen MR) is 108 cm³/mol. The van der Waals surface area contributed by atoms with E-state index in [4.69, 9.17) is 9.26 Å². The molecule has 1 fully saturated rings. The minimum atomic E-state index is -0.0184. The number of benzene rings is 1. The number of nitrogens with zero attached hydrogens (tertiary/aromatic N) is 4. The molecule has 7 heteroatoms. The van der Waals surface area contributed by atoms with Crippen LogP contribution < -0.4 is 4.74 Å². The lowest BCUT2D eigenvalue weighted by Gasteiger charge is -2.33. The summed E-state index contributed by atoms with van der Waals surface area (Å²) in [6.45, 7) is 5.67. The number of amides is 1. The van der Waals surface area contributed by atoms with E-state index in [0.717, 1.165) is 24.9 Å². The number of hydrogen-bond acceptors (Lipinski definition) is 6. The molecule has 0 radical (unpaired) electrons. The Morgan fingerprint density at radius 3 is 2.90 bits per heavy atom. The fraction of sp³-hybridized carbons (Fsp3) is 0.364. The van der Waals surface area contributed by atoms with Crippen molar-refractivity contribution in [2.75, 3.05) is 19.7 Å². The fourth-order valence-electron chi connectivity index (χ4n) is 3.64. The molecule has 1 amide bonds. The van der Waals surface area contributed by atoms with Gasteiger partial charge in [0.2, 0.25) is 5.88 Å². The van der Waals surface area contributed by atoms with E-state index < -0.39 is 0 Å². The van der Waals surface area contributed by atoms with Crippen molar-refractivity contribution >= 4 is 5.91 Å². The summed E-state index contributed by atoms with van der Waals surface area (Å²) in [5.74, 6) is 1.83. The number of aryl methyl sites for hydroxylation is 2. The molecular weight excluding hydrogens is 368 g/mol. The maximum atomic E-state index is 13.3. The van der Waals surface area contributed by atoms with E-state index in [2.05, 4.69) is 15.1 Å². The fourth-order valence-corrected chi connectivity index (χ4v) is 3.64. The standard InChI is InChI=1S/C22H24N4O3/c1-15-7-5-11-23-20(15)28-14-17-8-6-12-26(13-17)22(27)19-10-4-3-9-18(19)21-24-16(2)25-29-21/h3-5,7,9-11,17H,6,8,12-14H2,1-2H3. The molecule has 3 aromatic rings. The van der Waals surface area contributed by atoms with Gasteiger partial charge in [-0.15, -0.1) is 0 Å². The molecule has 3 heterocycles. The first-order chi connectivity index (χ1) is 14.1. The van der Waals surface area contributed by atoms with Gasteiger partial charge in [-0.3, -0.25) is 4.79 Å². The van der Waals surface area contributed by atoms with E-state index in [1.807, 2.05) is 48.2 Å². The first-order valence-electron chi connectivity index (χ1n) is 9.85. The van der Waals surface area contributed by atoms with E-state index in [1.54, 1.807) is 13.1 Å². The van der Waals surface area contributed by atoms with E-state index >= 15 is 0 Å². The number of ether oxygens (including phenoxy) is 1. The number of aromatic nitrogens is 3. The molecule has 0 spiro atoms. The van der Waals surface area contributed by atoms with Gasteiger partial charge < -0.3 is 14.2 Å². The third-order valence-electron chi connectivity index (χ3n) is 5.14. The van der Waals surface area contributed by atoms with Gasteiger partial charge in [0, 0.05) is 30.8 Å². The van der Waals surface area contributed by atoms with Crippen molar-refractivity contribution in [1.82, 2.24) is 20.0 Å². The second-order valence-corrected chi connectivity index (χ2v) is 7.39. The summed E-state index contributed by atoms with van der Waals surface area (Å²) in [6.07, 6.45) is 3.71. The van der Waals surface area contributed by atoms with Crippen LogP contribution in [0.15, 0.2) is 47.1 Å². The maximum absolute atomic E-state index is 13.3. The second kappa shape index (κ2) is 8.43. The van der Waals surface area contributed by atoms with Gasteiger partial charge in [0.25, 0.3) is 11.8 Å². The third-order valence-corrected chi connectivity index (χ3v) is 5.14. The van der Waals surface area contributed by atoms with E-state index in [1.165, 1.54) is 0 Å². The van der Waals surface area contributed by atoms with Crippen LogP contribution in [0, 0.1) is 19.8 Å². The summed E-state index contributed by atoms with van der Waals surface area (Å²) < 4.78 is 11.2. The number of carbonyl (C=O) groups excluding carboxylic acids is 1. The Bertz CT molecular complexity index is 1000. The van der Waals surface area contributed by atoms with E-state index in [9.17, 15) is 4.79 Å². The highest BCUT2D eigenvalue weighted by atomic mass is 16.5. The lowest BCUT2D eigenvalue weighted by Crippen LogP contribution is -2.41. The summed E-state index contributed by atoms with van der Waals surface area (Å²) in [4.78, 5) is 23.7. The zero-order valence-corrected chi connectivity index (χ0v) is 16.7. The largest absolute Gasteiger partial charge is 0.477 e. The highest BCUT2D eigenvalue weighted by Gasteiger charge is 2.27. The van der Waals surface area contributed by atoms with Crippen LogP contribution in [0.1, 0.15) is 34.6 Å². The highest BCUT2D eigenvalue weighted by molar-refractivity contribution is 6.00. The Morgan fingerprint density at radius 1 is 1.24 bits per heavy atom. The zero-order valence-electron chi connectivity index (χ0n) is 16.7. The minimum Gasteiger partial charge on any atom is -0.477 e. The van der Waals surface area contributed by atoms with Gasteiger partial charge in [-0.2, -0.15) is 4.98 Å². The van der Waals surface area contributed by atoms with Crippen molar-refractivity contribution in [2.24, 2.45) is 5.92 Å². The third kappa shape index (κ3) is 4.29. The molecule has 29 heavy (non-hydrogen) atoms. The van der Waals surface area contributed by atoms with Crippen molar-refractivity contribution in [1.29, 1.82) is 0 Å². The Morgan fingerprint density at radius 2 is 2.10 bits per heavy atom. The lowest BCUT2D eigenvalue weighted by atomic mass is 9.97. The minimum absolute atomic E-state index is 0.0184. The van der Waals surface area contributed by atoms with Gasteiger partial charge in [-0.1, -0.05) is 23.4 Å². The molecule has 4 rings (SSSR count). The average molecular weight is 392 g/mol. The lowest BCUT2D eigenvalue weighted by molar-refractivity contribution is 0.0631. The summed E-state index contributed by atoms with van der Waals surface area (Å²) >= 11 is 0. The summed E-state index contributed by atoms with van der Waals surface area (Å²) in [5.41, 5.74) is 2.26. The molecule has 1 aliphatic heterocycles. The zero-order chi connectivity index (χ0) is 20.2. The SMILES string of the molecule is Cc1noc(-c2ccccc2C(=O)N2CCCC(COc3ncccc3C)C2)n1. The number of piperidine rings is 1. The molecule has 1 aliphatic rings. The summed E-state index contributed by atoms with van der Waals surface area (Å²) in [6, 6.07) is 11.3. The van der Waals surface area contributed by atoms with Crippen LogP contribution in [0.3, 0.4) is 0 Å². The highest BCUT2D eigenvalue weighted by Crippen LogP contribution is 2.26. The molecule has 1 atom stereocenters. The van der Waals surface area contributed by atoms with Gasteiger partial charge in [0.1, 0.15) is 0 Å². The first kappa shape index (κ1) is 19.1. The monoisotopic (exact) mass is 392 g/mol. The first-order valence-corrected chi connectivity index (χ1v) is 9.85. The number of carbonyl (C=O) groups is 1. The van der Waals surface area contributed by atoms with Crippen LogP contribution in [-0.4, -0.2) is 45.6 Å². The molecule has 0 saturated carbocycles. The molecule has 7 nitrogen and oxygen atoms in total. The summed E-state index contributed by atoms with van der Waals surface area (Å²) in [7, 11) is 0. The van der Waals surface area contributed by atoms with Crippen molar-refractivity contribution in [2.45, 2.75) is 26.7 Å². The van der Waals surface area contributed by atoms with Gasteiger partial charge in [-0.05, 0) is 44.9 Å². The van der Waals surface area contributed by atoms with Crippen molar-refractivity contribution in [3.63, 3.8) is 0 Å². The van der Waals surface area contributed by atoms with Crippen molar-refractivity contribution in [3.05, 3.63) is 59.5 Å². The number of hydrogen-bond donors (Lipinski definition) is 0. The number of pyridine rings is 1. The van der Waals surface area contributed by atoms with Crippen molar-refractivity contribution < 1.29 is 14.1 Å². The maximum Gasteiger partial charge on any atom is 0.258 e. The van der Waals surface area contributed by atoms with Gasteiger partial charge >= 0.3 is 0 Å².